The summed E-state index contributed by atoms with van der Waals surface area (Å²) in [4.78, 5) is 21.1. The van der Waals surface area contributed by atoms with E-state index in [2.05, 4.69) is 42.2 Å². The van der Waals surface area contributed by atoms with Crippen molar-refractivity contribution in [1.29, 1.82) is 0 Å². The fourth-order valence-electron chi connectivity index (χ4n) is 2.71. The number of benzene rings is 1. The van der Waals surface area contributed by atoms with E-state index in [1.165, 1.54) is 12.4 Å². The Morgan fingerprint density at radius 3 is 2.91 bits per heavy atom. The molecule has 3 rings (SSSR count). The number of anilines is 2. The summed E-state index contributed by atoms with van der Waals surface area (Å²) in [5.41, 5.74) is 1.05. The molecule has 0 spiro atoms. The zero-order valence-corrected chi connectivity index (χ0v) is 14.0. The van der Waals surface area contributed by atoms with E-state index in [0.717, 1.165) is 41.9 Å². The van der Waals surface area contributed by atoms with Crippen LogP contribution in [0.15, 0.2) is 41.1 Å². The summed E-state index contributed by atoms with van der Waals surface area (Å²) in [6, 6.07) is 8.42. The lowest BCUT2D eigenvalue weighted by Crippen LogP contribution is -2.42. The van der Waals surface area contributed by atoms with E-state index in [9.17, 15) is 4.79 Å². The molecule has 1 atom stereocenters. The van der Waals surface area contributed by atoms with Crippen LogP contribution >= 0.6 is 15.9 Å². The van der Waals surface area contributed by atoms with Crippen molar-refractivity contribution in [3.63, 3.8) is 0 Å². The minimum atomic E-state index is -1.06. The van der Waals surface area contributed by atoms with Crippen LogP contribution in [0.3, 0.4) is 0 Å². The molecule has 23 heavy (non-hydrogen) atoms. The van der Waals surface area contributed by atoms with Gasteiger partial charge in [0.15, 0.2) is 5.69 Å². The molecule has 1 aliphatic rings. The van der Waals surface area contributed by atoms with Crippen LogP contribution in [-0.2, 0) is 0 Å². The van der Waals surface area contributed by atoms with Gasteiger partial charge in [0.1, 0.15) is 5.82 Å². The fraction of sp³-hybridized carbons (Fsp3) is 0.312. The molecule has 1 unspecified atom stereocenters. The summed E-state index contributed by atoms with van der Waals surface area (Å²) in [5, 5.41) is 12.4. The van der Waals surface area contributed by atoms with Crippen LogP contribution in [0.2, 0.25) is 0 Å². The van der Waals surface area contributed by atoms with Crippen LogP contribution < -0.4 is 10.2 Å². The minimum absolute atomic E-state index is 0.0328. The lowest BCUT2D eigenvalue weighted by Gasteiger charge is -2.34. The van der Waals surface area contributed by atoms with Crippen molar-refractivity contribution in [3.05, 3.63) is 46.8 Å². The zero-order chi connectivity index (χ0) is 16.2. The van der Waals surface area contributed by atoms with Gasteiger partial charge in [-0.25, -0.2) is 14.8 Å². The van der Waals surface area contributed by atoms with Gasteiger partial charge >= 0.3 is 5.97 Å². The van der Waals surface area contributed by atoms with Gasteiger partial charge in [-0.1, -0.05) is 22.0 Å². The van der Waals surface area contributed by atoms with Gasteiger partial charge in [0, 0.05) is 29.3 Å². The van der Waals surface area contributed by atoms with Crippen LogP contribution in [0, 0.1) is 0 Å². The van der Waals surface area contributed by atoms with Gasteiger partial charge in [-0.15, -0.1) is 0 Å². The molecule has 2 N–H and O–H groups in total. The molecule has 1 aromatic heterocycles. The summed E-state index contributed by atoms with van der Waals surface area (Å²) in [5.74, 6) is -0.340. The number of aromatic nitrogens is 2. The van der Waals surface area contributed by atoms with Gasteiger partial charge in [0.05, 0.1) is 12.4 Å². The summed E-state index contributed by atoms with van der Waals surface area (Å²) < 4.78 is 1.05. The molecule has 0 saturated carbocycles. The second-order valence-electron chi connectivity index (χ2n) is 5.50. The monoisotopic (exact) mass is 376 g/mol. The molecule has 0 bridgehead atoms. The standard InChI is InChI=1S/C16H17BrN4O2/c17-11-3-1-4-12(7-11)20-13-5-2-6-21(10-13)15-9-18-14(8-19-15)16(22)23/h1,3-4,7-9,13,20H,2,5-6,10H2,(H,22,23). The molecule has 1 saturated heterocycles. The van der Waals surface area contributed by atoms with Gasteiger partial charge in [-0.05, 0) is 31.0 Å². The summed E-state index contributed by atoms with van der Waals surface area (Å²) in [7, 11) is 0. The van der Waals surface area contributed by atoms with Gasteiger partial charge in [-0.2, -0.15) is 0 Å². The van der Waals surface area contributed by atoms with E-state index in [1.807, 2.05) is 18.2 Å². The maximum Gasteiger partial charge on any atom is 0.356 e. The number of rotatable bonds is 4. The smallest absolute Gasteiger partial charge is 0.356 e. The highest BCUT2D eigenvalue weighted by Gasteiger charge is 2.21. The van der Waals surface area contributed by atoms with E-state index in [0.29, 0.717) is 6.04 Å². The number of carboxylic acid groups (broad SMARTS) is 1. The highest BCUT2D eigenvalue weighted by molar-refractivity contribution is 9.10. The first-order valence-corrected chi connectivity index (χ1v) is 8.23. The molecule has 2 heterocycles. The average molecular weight is 377 g/mol. The van der Waals surface area contributed by atoms with Crippen molar-refractivity contribution < 1.29 is 9.90 Å². The van der Waals surface area contributed by atoms with Crippen molar-refractivity contribution >= 4 is 33.4 Å². The number of aromatic carboxylic acids is 1. The maximum atomic E-state index is 10.8. The molecular formula is C16H17BrN4O2. The molecule has 0 radical (unpaired) electrons. The minimum Gasteiger partial charge on any atom is -0.476 e. The van der Waals surface area contributed by atoms with Crippen LogP contribution in [0.4, 0.5) is 11.5 Å². The SMILES string of the molecule is O=C(O)c1cnc(N2CCCC(Nc3cccc(Br)c3)C2)cn1. The highest BCUT2D eigenvalue weighted by Crippen LogP contribution is 2.22. The van der Waals surface area contributed by atoms with Crippen LogP contribution in [0.5, 0.6) is 0 Å². The van der Waals surface area contributed by atoms with Crippen LogP contribution in [-0.4, -0.2) is 40.2 Å². The van der Waals surface area contributed by atoms with Crippen LogP contribution in [0.25, 0.3) is 0 Å². The molecule has 120 valence electrons. The Morgan fingerprint density at radius 2 is 2.22 bits per heavy atom. The zero-order valence-electron chi connectivity index (χ0n) is 12.4. The fourth-order valence-corrected chi connectivity index (χ4v) is 3.11. The maximum absolute atomic E-state index is 10.8. The Balaban J connectivity index is 1.67. The highest BCUT2D eigenvalue weighted by atomic mass is 79.9. The number of hydrogen-bond donors (Lipinski definition) is 2. The summed E-state index contributed by atoms with van der Waals surface area (Å²) >= 11 is 3.48. The van der Waals surface area contributed by atoms with Gasteiger partial charge < -0.3 is 15.3 Å². The lowest BCUT2D eigenvalue weighted by molar-refractivity contribution is 0.0690. The Labute approximate surface area is 142 Å². The number of carboxylic acids is 1. The van der Waals surface area contributed by atoms with E-state index in [4.69, 9.17) is 5.11 Å². The summed E-state index contributed by atoms with van der Waals surface area (Å²) in [6.45, 7) is 1.71. The predicted octanol–water partition coefficient (Wildman–Crippen LogP) is 3.02. The third-order valence-corrected chi connectivity index (χ3v) is 4.29. The normalized spacial score (nSPS) is 17.8. The topological polar surface area (TPSA) is 78.3 Å². The third-order valence-electron chi connectivity index (χ3n) is 3.80. The first-order valence-electron chi connectivity index (χ1n) is 7.44. The van der Waals surface area contributed by atoms with Gasteiger partial charge in [0.25, 0.3) is 0 Å². The summed E-state index contributed by atoms with van der Waals surface area (Å²) in [6.07, 6.45) is 4.98. The molecule has 0 amide bonds. The second-order valence-corrected chi connectivity index (χ2v) is 6.42. The Morgan fingerprint density at radius 1 is 1.35 bits per heavy atom. The van der Waals surface area contributed by atoms with Crippen molar-refractivity contribution in [2.24, 2.45) is 0 Å². The molecule has 1 fully saturated rings. The second kappa shape index (κ2) is 6.95. The van der Waals surface area contributed by atoms with E-state index < -0.39 is 5.97 Å². The van der Waals surface area contributed by atoms with Gasteiger partial charge in [-0.3, -0.25) is 0 Å². The quantitative estimate of drug-likeness (QED) is 0.853. The predicted molar refractivity (Wildman–Crippen MR) is 92.0 cm³/mol. The number of halogens is 1. The number of hydrogen-bond acceptors (Lipinski definition) is 5. The lowest BCUT2D eigenvalue weighted by atomic mass is 10.1. The van der Waals surface area contributed by atoms with E-state index in [-0.39, 0.29) is 5.69 Å². The van der Waals surface area contributed by atoms with Crippen molar-refractivity contribution in [2.45, 2.75) is 18.9 Å². The van der Waals surface area contributed by atoms with Gasteiger partial charge in [0.2, 0.25) is 0 Å². The van der Waals surface area contributed by atoms with Crippen molar-refractivity contribution in [3.8, 4) is 0 Å². The molecule has 6 nitrogen and oxygen atoms in total. The molecule has 0 aliphatic carbocycles. The molecule has 1 aliphatic heterocycles. The number of nitrogens with zero attached hydrogens (tertiary/aromatic N) is 3. The average Bonchev–Trinajstić information content (AvgIpc) is 2.55. The Kier molecular flexibility index (Phi) is 4.76. The largest absolute Gasteiger partial charge is 0.476 e. The molecule has 2 aromatic rings. The first-order chi connectivity index (χ1) is 11.1. The van der Waals surface area contributed by atoms with Crippen molar-refractivity contribution in [2.75, 3.05) is 23.3 Å². The van der Waals surface area contributed by atoms with Crippen LogP contribution in [0.1, 0.15) is 23.3 Å². The Hall–Kier alpha value is -2.15. The molecular weight excluding hydrogens is 360 g/mol. The van der Waals surface area contributed by atoms with Crippen molar-refractivity contribution in [1.82, 2.24) is 9.97 Å². The van der Waals surface area contributed by atoms with E-state index in [1.54, 1.807) is 0 Å². The Bertz CT molecular complexity index is 693. The van der Waals surface area contributed by atoms with E-state index >= 15 is 0 Å². The number of piperidine rings is 1. The molecule has 1 aromatic carbocycles. The third kappa shape index (κ3) is 3.98. The number of carbonyl (C=O) groups is 1. The first kappa shape index (κ1) is 15.7. The molecule has 7 heteroatoms. The number of nitrogens with one attached hydrogen (secondary N) is 1.